The highest BCUT2D eigenvalue weighted by atomic mass is 16.1. The summed E-state index contributed by atoms with van der Waals surface area (Å²) in [6.45, 7) is 4.32. The zero-order chi connectivity index (χ0) is 14.3. The molecule has 5 nitrogen and oxygen atoms in total. The first-order valence-electron chi connectivity index (χ1n) is 6.44. The Labute approximate surface area is 116 Å². The molecule has 0 fully saturated rings. The van der Waals surface area contributed by atoms with Gasteiger partial charge < -0.3 is 15.3 Å². The first kappa shape index (κ1) is 12.5. The van der Waals surface area contributed by atoms with Gasteiger partial charge in [-0.05, 0) is 43.0 Å². The smallest absolute Gasteiger partial charge is 0.258 e. The molecule has 1 aromatic carbocycles. The van der Waals surface area contributed by atoms with E-state index in [2.05, 4.69) is 9.97 Å². The van der Waals surface area contributed by atoms with Crippen LogP contribution in [-0.2, 0) is 6.54 Å². The van der Waals surface area contributed by atoms with Crippen molar-refractivity contribution in [3.05, 3.63) is 58.0 Å². The minimum Gasteiger partial charge on any atom is -0.398 e. The fourth-order valence-electron chi connectivity index (χ4n) is 2.29. The number of aromatic nitrogens is 3. The van der Waals surface area contributed by atoms with Crippen molar-refractivity contribution in [2.24, 2.45) is 0 Å². The number of nitrogen functional groups attached to an aromatic ring is 1. The number of H-pyrrole nitrogens is 1. The molecule has 0 aliphatic heterocycles. The predicted octanol–water partition coefficient (Wildman–Crippen LogP) is 1.97. The van der Waals surface area contributed by atoms with Crippen LogP contribution in [0.4, 0.5) is 5.69 Å². The number of hydrogen-bond acceptors (Lipinski definition) is 3. The Morgan fingerprint density at radius 2 is 2.15 bits per heavy atom. The van der Waals surface area contributed by atoms with E-state index >= 15 is 0 Å². The highest BCUT2D eigenvalue weighted by Crippen LogP contribution is 2.18. The summed E-state index contributed by atoms with van der Waals surface area (Å²) in [5.41, 5.74) is 9.34. The number of fused-ring (bicyclic) bond motifs is 1. The molecule has 0 aliphatic rings. The van der Waals surface area contributed by atoms with E-state index in [0.29, 0.717) is 17.6 Å². The second-order valence-corrected chi connectivity index (χ2v) is 5.02. The molecule has 3 rings (SSSR count). The molecule has 0 bridgehead atoms. The molecule has 0 amide bonds. The third-order valence-electron chi connectivity index (χ3n) is 3.62. The standard InChI is InChI=1S/C15H16N4O/c1-9-5-12-11(6-13(9)16)3-4-19(15(12)20)7-14-10(2)17-8-18-14/h3-6,8H,7,16H2,1-2H3,(H,17,18). The van der Waals surface area contributed by atoms with Gasteiger partial charge in [0.1, 0.15) is 0 Å². The largest absolute Gasteiger partial charge is 0.398 e. The molecule has 0 radical (unpaired) electrons. The number of aromatic amines is 1. The Morgan fingerprint density at radius 3 is 2.85 bits per heavy atom. The van der Waals surface area contributed by atoms with Gasteiger partial charge in [0.25, 0.3) is 5.56 Å². The van der Waals surface area contributed by atoms with Gasteiger partial charge in [0.2, 0.25) is 0 Å². The van der Waals surface area contributed by atoms with Crippen LogP contribution in [0.15, 0.2) is 35.5 Å². The molecule has 3 aromatic rings. The SMILES string of the molecule is Cc1cc2c(=O)n(Cc3nc[nH]c3C)ccc2cc1N. The maximum Gasteiger partial charge on any atom is 0.258 e. The van der Waals surface area contributed by atoms with Gasteiger partial charge in [-0.25, -0.2) is 4.98 Å². The number of rotatable bonds is 2. The van der Waals surface area contributed by atoms with Crippen LogP contribution in [0.1, 0.15) is 17.0 Å². The molecule has 0 aliphatic carbocycles. The highest BCUT2D eigenvalue weighted by molar-refractivity contribution is 5.85. The number of anilines is 1. The van der Waals surface area contributed by atoms with Crippen LogP contribution in [0, 0.1) is 13.8 Å². The van der Waals surface area contributed by atoms with E-state index in [0.717, 1.165) is 22.3 Å². The molecular weight excluding hydrogens is 252 g/mol. The number of benzene rings is 1. The summed E-state index contributed by atoms with van der Waals surface area (Å²) in [6, 6.07) is 5.60. The van der Waals surface area contributed by atoms with Gasteiger partial charge in [-0.15, -0.1) is 0 Å². The van der Waals surface area contributed by atoms with Gasteiger partial charge in [-0.2, -0.15) is 0 Å². The lowest BCUT2D eigenvalue weighted by Gasteiger charge is -2.08. The Hall–Kier alpha value is -2.56. The van der Waals surface area contributed by atoms with Crippen LogP contribution in [0.2, 0.25) is 0 Å². The van der Waals surface area contributed by atoms with E-state index < -0.39 is 0 Å². The molecule has 0 spiro atoms. The minimum absolute atomic E-state index is 0.0204. The fourth-order valence-corrected chi connectivity index (χ4v) is 2.29. The Kier molecular flexibility index (Phi) is 2.82. The highest BCUT2D eigenvalue weighted by Gasteiger charge is 2.08. The van der Waals surface area contributed by atoms with Crippen LogP contribution in [0.3, 0.4) is 0 Å². The molecule has 20 heavy (non-hydrogen) atoms. The topological polar surface area (TPSA) is 76.7 Å². The van der Waals surface area contributed by atoms with E-state index in [1.54, 1.807) is 17.1 Å². The molecule has 0 saturated carbocycles. The first-order chi connectivity index (χ1) is 9.56. The number of nitrogens with two attached hydrogens (primary N) is 1. The summed E-state index contributed by atoms with van der Waals surface area (Å²) in [6.07, 6.45) is 3.43. The second kappa shape index (κ2) is 4.52. The maximum absolute atomic E-state index is 12.5. The summed E-state index contributed by atoms with van der Waals surface area (Å²) >= 11 is 0. The summed E-state index contributed by atoms with van der Waals surface area (Å²) in [7, 11) is 0. The van der Waals surface area contributed by atoms with E-state index in [1.165, 1.54) is 0 Å². The van der Waals surface area contributed by atoms with Crippen molar-refractivity contribution >= 4 is 16.5 Å². The van der Waals surface area contributed by atoms with E-state index in [1.807, 2.05) is 32.0 Å². The van der Waals surface area contributed by atoms with Gasteiger partial charge >= 0.3 is 0 Å². The molecule has 2 aromatic heterocycles. The van der Waals surface area contributed by atoms with Crippen molar-refractivity contribution in [2.45, 2.75) is 20.4 Å². The van der Waals surface area contributed by atoms with Crippen LogP contribution >= 0.6 is 0 Å². The number of imidazole rings is 1. The van der Waals surface area contributed by atoms with Crippen molar-refractivity contribution in [2.75, 3.05) is 5.73 Å². The average molecular weight is 268 g/mol. The average Bonchev–Trinajstić information content (AvgIpc) is 2.81. The van der Waals surface area contributed by atoms with Gasteiger partial charge in [0, 0.05) is 23.0 Å². The van der Waals surface area contributed by atoms with E-state index in [-0.39, 0.29) is 5.56 Å². The first-order valence-corrected chi connectivity index (χ1v) is 6.44. The van der Waals surface area contributed by atoms with Crippen molar-refractivity contribution in [3.8, 4) is 0 Å². The molecule has 102 valence electrons. The van der Waals surface area contributed by atoms with Gasteiger partial charge in [-0.1, -0.05) is 0 Å². The molecule has 0 unspecified atom stereocenters. The molecule has 5 heteroatoms. The number of pyridine rings is 1. The Morgan fingerprint density at radius 1 is 1.35 bits per heavy atom. The van der Waals surface area contributed by atoms with Crippen LogP contribution < -0.4 is 11.3 Å². The number of nitrogens with one attached hydrogen (secondary N) is 1. The predicted molar refractivity (Wildman–Crippen MR) is 79.8 cm³/mol. The lowest BCUT2D eigenvalue weighted by Crippen LogP contribution is -2.20. The van der Waals surface area contributed by atoms with Crippen molar-refractivity contribution in [3.63, 3.8) is 0 Å². The molecule has 2 heterocycles. The van der Waals surface area contributed by atoms with Crippen LogP contribution in [0.5, 0.6) is 0 Å². The second-order valence-electron chi connectivity index (χ2n) is 5.02. The number of nitrogens with zero attached hydrogens (tertiary/aromatic N) is 2. The summed E-state index contributed by atoms with van der Waals surface area (Å²) in [5.74, 6) is 0. The Bertz CT molecular complexity index is 845. The van der Waals surface area contributed by atoms with Crippen molar-refractivity contribution < 1.29 is 0 Å². The lowest BCUT2D eigenvalue weighted by atomic mass is 10.1. The van der Waals surface area contributed by atoms with Crippen LogP contribution in [-0.4, -0.2) is 14.5 Å². The minimum atomic E-state index is -0.0204. The fraction of sp³-hybridized carbons (Fsp3) is 0.200. The van der Waals surface area contributed by atoms with Crippen LogP contribution in [0.25, 0.3) is 10.8 Å². The number of hydrogen-bond donors (Lipinski definition) is 2. The van der Waals surface area contributed by atoms with Crippen molar-refractivity contribution in [1.82, 2.24) is 14.5 Å². The number of aryl methyl sites for hydroxylation is 2. The molecule has 0 saturated heterocycles. The summed E-state index contributed by atoms with van der Waals surface area (Å²) in [5, 5.41) is 1.56. The zero-order valence-corrected chi connectivity index (χ0v) is 11.5. The monoisotopic (exact) mass is 268 g/mol. The molecule has 0 atom stereocenters. The maximum atomic E-state index is 12.5. The third-order valence-corrected chi connectivity index (χ3v) is 3.62. The summed E-state index contributed by atoms with van der Waals surface area (Å²) < 4.78 is 1.67. The normalized spacial score (nSPS) is 11.1. The zero-order valence-electron chi connectivity index (χ0n) is 11.5. The third kappa shape index (κ3) is 1.97. The van der Waals surface area contributed by atoms with Gasteiger partial charge in [-0.3, -0.25) is 4.79 Å². The molecule has 3 N–H and O–H groups in total. The lowest BCUT2D eigenvalue weighted by molar-refractivity contribution is 0.746. The van der Waals surface area contributed by atoms with Crippen molar-refractivity contribution in [1.29, 1.82) is 0 Å². The summed E-state index contributed by atoms with van der Waals surface area (Å²) in [4.78, 5) is 19.8. The van der Waals surface area contributed by atoms with Gasteiger partial charge in [0.15, 0.2) is 0 Å². The van der Waals surface area contributed by atoms with E-state index in [9.17, 15) is 4.79 Å². The Balaban J connectivity index is 2.14. The quantitative estimate of drug-likeness (QED) is 0.698. The van der Waals surface area contributed by atoms with E-state index in [4.69, 9.17) is 5.73 Å². The molecular formula is C15H16N4O. The van der Waals surface area contributed by atoms with Gasteiger partial charge in [0.05, 0.1) is 18.6 Å².